The molecule has 0 fully saturated rings. The van der Waals surface area contributed by atoms with E-state index in [2.05, 4.69) is 30.8 Å². The number of carboxylic acid groups (broad SMARTS) is 1. The zero-order valence-electron chi connectivity index (χ0n) is 13.0. The lowest BCUT2D eigenvalue weighted by atomic mass is 10.1. The highest BCUT2D eigenvalue weighted by Crippen LogP contribution is 2.23. The fourth-order valence-corrected chi connectivity index (χ4v) is 3.43. The van der Waals surface area contributed by atoms with Gasteiger partial charge in [-0.25, -0.2) is 9.78 Å². The number of carboxylic acids is 1. The summed E-state index contributed by atoms with van der Waals surface area (Å²) in [5, 5.41) is 12.0. The van der Waals surface area contributed by atoms with Gasteiger partial charge in [0.25, 0.3) is 0 Å². The van der Waals surface area contributed by atoms with Gasteiger partial charge in [-0.15, -0.1) is 0 Å². The van der Waals surface area contributed by atoms with Crippen molar-refractivity contribution in [3.05, 3.63) is 52.0 Å². The fourth-order valence-electron chi connectivity index (χ4n) is 2.92. The first kappa shape index (κ1) is 16.7. The molecule has 0 bridgehead atoms. The van der Waals surface area contributed by atoms with Gasteiger partial charge in [0.05, 0.1) is 12.1 Å². The van der Waals surface area contributed by atoms with Crippen molar-refractivity contribution in [2.75, 3.05) is 0 Å². The van der Waals surface area contributed by atoms with Gasteiger partial charge in [-0.3, -0.25) is 4.79 Å². The molecule has 1 atom stereocenters. The Hall–Kier alpha value is -2.15. The molecule has 0 aliphatic carbocycles. The third kappa shape index (κ3) is 3.67. The van der Waals surface area contributed by atoms with Gasteiger partial charge in [-0.2, -0.15) is 0 Å². The Kier molecular flexibility index (Phi) is 4.99. The van der Waals surface area contributed by atoms with Gasteiger partial charge in [0.15, 0.2) is 6.04 Å². The predicted octanol–water partition coefficient (Wildman–Crippen LogP) is 2.47. The molecule has 1 aromatic heterocycles. The molecule has 6 nitrogen and oxygen atoms in total. The maximum Gasteiger partial charge on any atom is 0.330 e. The first-order valence-electron chi connectivity index (χ1n) is 7.86. The summed E-state index contributed by atoms with van der Waals surface area (Å²) in [6.45, 7) is 0.929. The quantitative estimate of drug-likeness (QED) is 0.819. The zero-order chi connectivity index (χ0) is 17.1. The van der Waals surface area contributed by atoms with Gasteiger partial charge in [0.1, 0.15) is 5.82 Å². The third-order valence-electron chi connectivity index (χ3n) is 4.07. The molecule has 1 aliphatic rings. The number of nitrogens with zero attached hydrogens (tertiary/aromatic N) is 2. The molecule has 0 radical (unpaired) electrons. The van der Waals surface area contributed by atoms with E-state index in [9.17, 15) is 14.7 Å². The molecule has 3 rings (SSSR count). The molecule has 2 aromatic rings. The van der Waals surface area contributed by atoms with Crippen molar-refractivity contribution in [1.82, 2.24) is 14.9 Å². The Bertz CT molecular complexity index is 749. The van der Waals surface area contributed by atoms with Crippen LogP contribution in [-0.4, -0.2) is 26.5 Å². The number of carbonyl (C=O) groups is 2. The van der Waals surface area contributed by atoms with Crippen molar-refractivity contribution in [1.29, 1.82) is 0 Å². The summed E-state index contributed by atoms with van der Waals surface area (Å²) >= 11 is 3.33. The number of rotatable bonds is 5. The number of fused-ring (bicyclic) bond motifs is 1. The summed E-state index contributed by atoms with van der Waals surface area (Å²) in [5.41, 5.74) is 1.20. The predicted molar refractivity (Wildman–Crippen MR) is 91.5 cm³/mol. The number of benzene rings is 1. The lowest BCUT2D eigenvalue weighted by Crippen LogP contribution is -2.35. The van der Waals surface area contributed by atoms with E-state index in [0.29, 0.717) is 15.7 Å². The molecule has 1 amide bonds. The highest BCUT2D eigenvalue weighted by Gasteiger charge is 2.24. The molecule has 0 saturated heterocycles. The second kappa shape index (κ2) is 7.17. The van der Waals surface area contributed by atoms with Crippen molar-refractivity contribution >= 4 is 27.8 Å². The summed E-state index contributed by atoms with van der Waals surface area (Å²) in [6.07, 6.45) is 5.14. The minimum atomic E-state index is -1.10. The molecular weight excluding hydrogens is 374 g/mol. The standard InChI is InChI=1S/C17H18BrN3O3/c18-13-6-2-1-5-12(13)16(17(23)24)20-15(22)9-11-10-21-8-4-3-7-14(21)19-11/h1-2,5-6,10,16H,3-4,7-9H2,(H,20,22)(H,23,24). The first-order valence-corrected chi connectivity index (χ1v) is 8.65. The summed E-state index contributed by atoms with van der Waals surface area (Å²) in [5.74, 6) is -0.447. The van der Waals surface area contributed by atoms with E-state index < -0.39 is 12.0 Å². The highest BCUT2D eigenvalue weighted by atomic mass is 79.9. The van der Waals surface area contributed by atoms with Crippen LogP contribution in [0, 0.1) is 0 Å². The van der Waals surface area contributed by atoms with Crippen LogP contribution in [0.4, 0.5) is 0 Å². The number of amides is 1. The largest absolute Gasteiger partial charge is 0.479 e. The monoisotopic (exact) mass is 391 g/mol. The van der Waals surface area contributed by atoms with Crippen LogP contribution in [0.5, 0.6) is 0 Å². The number of aliphatic carboxylic acids is 1. The summed E-state index contributed by atoms with van der Waals surface area (Å²) < 4.78 is 2.73. The van der Waals surface area contributed by atoms with Crippen LogP contribution in [0.3, 0.4) is 0 Å². The van der Waals surface area contributed by atoms with Gasteiger partial charge in [0, 0.05) is 23.6 Å². The van der Waals surface area contributed by atoms with Crippen molar-refractivity contribution in [3.8, 4) is 0 Å². The molecule has 24 heavy (non-hydrogen) atoms. The van der Waals surface area contributed by atoms with Crippen LogP contribution >= 0.6 is 15.9 Å². The molecule has 1 unspecified atom stereocenters. The van der Waals surface area contributed by atoms with Crippen LogP contribution < -0.4 is 5.32 Å². The number of aryl methyl sites for hydroxylation is 2. The topological polar surface area (TPSA) is 84.2 Å². The minimum absolute atomic E-state index is 0.0776. The van der Waals surface area contributed by atoms with Gasteiger partial charge < -0.3 is 15.0 Å². The average molecular weight is 392 g/mol. The maximum atomic E-state index is 12.3. The number of aromatic nitrogens is 2. The highest BCUT2D eigenvalue weighted by molar-refractivity contribution is 9.10. The van der Waals surface area contributed by atoms with E-state index in [0.717, 1.165) is 31.6 Å². The lowest BCUT2D eigenvalue weighted by molar-refractivity contribution is -0.142. The molecule has 1 aliphatic heterocycles. The normalized spacial score (nSPS) is 14.7. The van der Waals surface area contributed by atoms with E-state index in [1.807, 2.05) is 6.20 Å². The molecule has 2 heterocycles. The molecule has 1 aromatic carbocycles. The Morgan fingerprint density at radius 3 is 2.83 bits per heavy atom. The van der Waals surface area contributed by atoms with Crippen LogP contribution in [0.2, 0.25) is 0 Å². The van der Waals surface area contributed by atoms with Crippen molar-refractivity contribution in [2.45, 2.75) is 38.3 Å². The fraction of sp³-hybridized carbons (Fsp3) is 0.353. The van der Waals surface area contributed by atoms with Crippen LogP contribution in [0.25, 0.3) is 0 Å². The first-order chi connectivity index (χ1) is 11.5. The van der Waals surface area contributed by atoms with Crippen LogP contribution in [-0.2, 0) is 29.0 Å². The summed E-state index contributed by atoms with van der Waals surface area (Å²) in [4.78, 5) is 28.3. The van der Waals surface area contributed by atoms with E-state index in [4.69, 9.17) is 0 Å². The van der Waals surface area contributed by atoms with E-state index in [1.54, 1.807) is 24.3 Å². The van der Waals surface area contributed by atoms with E-state index >= 15 is 0 Å². The van der Waals surface area contributed by atoms with Gasteiger partial charge in [-0.05, 0) is 24.5 Å². The summed E-state index contributed by atoms with van der Waals surface area (Å²) in [6, 6.07) is 5.87. The molecule has 7 heteroatoms. The SMILES string of the molecule is O=C(Cc1cn2c(n1)CCCC2)NC(C(=O)O)c1ccccc1Br. The Labute approximate surface area is 148 Å². The van der Waals surface area contributed by atoms with Crippen molar-refractivity contribution < 1.29 is 14.7 Å². The zero-order valence-corrected chi connectivity index (χ0v) is 14.6. The van der Waals surface area contributed by atoms with E-state index in [1.165, 1.54) is 0 Å². The molecule has 0 spiro atoms. The second-order valence-corrected chi connectivity index (χ2v) is 6.69. The number of halogens is 1. The Morgan fingerprint density at radius 1 is 1.33 bits per heavy atom. The van der Waals surface area contributed by atoms with Gasteiger partial charge in [0.2, 0.25) is 5.91 Å². The lowest BCUT2D eigenvalue weighted by Gasteiger charge is -2.16. The summed E-state index contributed by atoms with van der Waals surface area (Å²) in [7, 11) is 0. The number of hydrogen-bond donors (Lipinski definition) is 2. The van der Waals surface area contributed by atoms with Crippen LogP contribution in [0.15, 0.2) is 34.9 Å². The maximum absolute atomic E-state index is 12.3. The van der Waals surface area contributed by atoms with Crippen molar-refractivity contribution in [3.63, 3.8) is 0 Å². The number of imidazole rings is 1. The average Bonchev–Trinajstić information content (AvgIpc) is 2.95. The number of hydrogen-bond acceptors (Lipinski definition) is 3. The molecule has 0 saturated carbocycles. The number of carbonyl (C=O) groups excluding carboxylic acids is 1. The smallest absolute Gasteiger partial charge is 0.330 e. The van der Waals surface area contributed by atoms with Crippen molar-refractivity contribution in [2.24, 2.45) is 0 Å². The Balaban J connectivity index is 1.71. The van der Waals surface area contributed by atoms with Gasteiger partial charge >= 0.3 is 5.97 Å². The number of nitrogens with one attached hydrogen (secondary N) is 1. The van der Waals surface area contributed by atoms with Gasteiger partial charge in [-0.1, -0.05) is 34.1 Å². The third-order valence-corrected chi connectivity index (χ3v) is 4.79. The minimum Gasteiger partial charge on any atom is -0.479 e. The second-order valence-electron chi connectivity index (χ2n) is 5.84. The molecular formula is C17H18BrN3O3. The molecule has 126 valence electrons. The van der Waals surface area contributed by atoms with Crippen LogP contribution in [0.1, 0.15) is 36.0 Å². The van der Waals surface area contributed by atoms with E-state index in [-0.39, 0.29) is 12.3 Å². The Morgan fingerprint density at radius 2 is 2.12 bits per heavy atom. The molecule has 2 N–H and O–H groups in total.